The second-order valence-electron chi connectivity index (χ2n) is 6.10. The van der Waals surface area contributed by atoms with Gasteiger partial charge in [0.2, 0.25) is 15.9 Å². The third-order valence-corrected chi connectivity index (χ3v) is 5.92. The normalized spacial score (nSPS) is 15.0. The van der Waals surface area contributed by atoms with Crippen LogP contribution in [0.15, 0.2) is 28.0 Å². The number of aromatic nitrogens is 1. The minimum absolute atomic E-state index is 0.0424. The van der Waals surface area contributed by atoms with Crippen LogP contribution in [0.3, 0.4) is 0 Å². The Morgan fingerprint density at radius 2 is 1.88 bits per heavy atom. The number of imide groups is 1. The number of carbonyl (C=O) groups is 2. The van der Waals surface area contributed by atoms with Gasteiger partial charge in [-0.25, -0.2) is 13.2 Å². The Hall–Kier alpha value is -2.20. The van der Waals surface area contributed by atoms with Crippen LogP contribution in [0, 0.1) is 0 Å². The van der Waals surface area contributed by atoms with Crippen molar-refractivity contribution < 1.29 is 18.0 Å². The summed E-state index contributed by atoms with van der Waals surface area (Å²) in [6.07, 6.45) is 4.44. The Morgan fingerprint density at radius 1 is 1.19 bits per heavy atom. The van der Waals surface area contributed by atoms with Crippen molar-refractivity contribution in [2.75, 3.05) is 19.6 Å². The van der Waals surface area contributed by atoms with Crippen LogP contribution in [0.2, 0.25) is 0 Å². The molecule has 0 radical (unpaired) electrons. The molecule has 1 fully saturated rings. The van der Waals surface area contributed by atoms with E-state index in [2.05, 4.69) is 10.6 Å². The molecule has 2 heterocycles. The molecule has 0 spiro atoms. The van der Waals surface area contributed by atoms with Crippen molar-refractivity contribution in [1.29, 1.82) is 0 Å². The lowest BCUT2D eigenvalue weighted by atomic mass is 10.3. The summed E-state index contributed by atoms with van der Waals surface area (Å²) in [6, 6.07) is 1.71. The van der Waals surface area contributed by atoms with Crippen molar-refractivity contribution in [1.82, 2.24) is 19.5 Å². The third kappa shape index (κ3) is 5.15. The maximum absolute atomic E-state index is 12.6. The van der Waals surface area contributed by atoms with E-state index < -0.39 is 34.1 Å². The molecule has 2 N–H and O–H groups in total. The summed E-state index contributed by atoms with van der Waals surface area (Å²) in [5.41, 5.74) is -0.521. The summed E-state index contributed by atoms with van der Waals surface area (Å²) in [7, 11) is -3.69. The minimum Gasteiger partial charge on any atom is -0.338 e. The number of hydrogen-bond donors (Lipinski definition) is 2. The first-order chi connectivity index (χ1) is 12.3. The molecule has 0 unspecified atom stereocenters. The quantitative estimate of drug-likeness (QED) is 0.654. The van der Waals surface area contributed by atoms with E-state index in [0.717, 1.165) is 42.5 Å². The minimum atomic E-state index is -3.69. The summed E-state index contributed by atoms with van der Waals surface area (Å²) in [5.74, 6) is -0.697. The Labute approximate surface area is 152 Å². The number of carbonyl (C=O) groups excluding carboxylic acids is 2. The lowest BCUT2D eigenvalue weighted by Crippen LogP contribution is -2.42. The first kappa shape index (κ1) is 20.1. The lowest BCUT2D eigenvalue weighted by Gasteiger charge is -2.16. The molecule has 1 aliphatic rings. The van der Waals surface area contributed by atoms with Gasteiger partial charge in [0.05, 0.1) is 4.90 Å². The average molecular weight is 384 g/mol. The third-order valence-electron chi connectivity index (χ3n) is 4.04. The van der Waals surface area contributed by atoms with E-state index >= 15 is 0 Å². The zero-order chi connectivity index (χ0) is 19.2. The first-order valence-corrected chi connectivity index (χ1v) is 10.1. The van der Waals surface area contributed by atoms with E-state index in [-0.39, 0.29) is 4.90 Å². The van der Waals surface area contributed by atoms with Crippen molar-refractivity contribution >= 4 is 22.0 Å². The molecule has 10 heteroatoms. The molecule has 144 valence electrons. The molecule has 1 aliphatic heterocycles. The van der Waals surface area contributed by atoms with Crippen LogP contribution in [-0.4, -0.2) is 48.9 Å². The molecule has 1 aromatic heterocycles. The van der Waals surface area contributed by atoms with E-state index in [1.165, 1.54) is 10.4 Å². The van der Waals surface area contributed by atoms with Gasteiger partial charge >= 0.3 is 6.03 Å². The fourth-order valence-electron chi connectivity index (χ4n) is 2.61. The zero-order valence-corrected chi connectivity index (χ0v) is 15.5. The highest BCUT2D eigenvalue weighted by atomic mass is 32.2. The van der Waals surface area contributed by atoms with Gasteiger partial charge in [0.25, 0.3) is 5.56 Å². The summed E-state index contributed by atoms with van der Waals surface area (Å²) in [4.78, 5) is 35.4. The highest BCUT2D eigenvalue weighted by molar-refractivity contribution is 7.89. The number of unbranched alkanes of at least 4 members (excludes halogenated alkanes) is 1. The molecule has 1 saturated heterocycles. The monoisotopic (exact) mass is 384 g/mol. The fourth-order valence-corrected chi connectivity index (χ4v) is 4.14. The Morgan fingerprint density at radius 3 is 2.54 bits per heavy atom. The van der Waals surface area contributed by atoms with E-state index in [1.807, 2.05) is 6.92 Å². The molecule has 0 atom stereocenters. The molecule has 0 aliphatic carbocycles. The maximum atomic E-state index is 12.6. The number of urea groups is 1. The Balaban J connectivity index is 2.06. The van der Waals surface area contributed by atoms with Crippen molar-refractivity contribution in [3.63, 3.8) is 0 Å². The fraction of sp³-hybridized carbons (Fsp3) is 0.562. The summed E-state index contributed by atoms with van der Waals surface area (Å²) >= 11 is 0. The SMILES string of the molecule is CCCCNC(=O)NC(=O)Cn1cc(S(=O)(=O)N2CCCC2)ccc1=O. The van der Waals surface area contributed by atoms with Crippen LogP contribution in [-0.2, 0) is 21.4 Å². The standard InChI is InChI=1S/C16H24N4O5S/c1-2-3-8-17-16(23)18-14(21)12-19-11-13(6-7-15(19)22)26(24,25)20-9-4-5-10-20/h6-7,11H,2-5,8-10,12H2,1H3,(H2,17,18,21,23). The second kappa shape index (κ2) is 8.95. The van der Waals surface area contributed by atoms with E-state index in [9.17, 15) is 22.8 Å². The summed E-state index contributed by atoms with van der Waals surface area (Å²) < 4.78 is 27.5. The molecule has 2 rings (SSSR count). The number of amides is 3. The molecule has 9 nitrogen and oxygen atoms in total. The average Bonchev–Trinajstić information content (AvgIpc) is 3.12. The molecular weight excluding hydrogens is 360 g/mol. The largest absolute Gasteiger partial charge is 0.338 e. The number of nitrogens with one attached hydrogen (secondary N) is 2. The first-order valence-electron chi connectivity index (χ1n) is 8.63. The molecule has 0 bridgehead atoms. The van der Waals surface area contributed by atoms with E-state index in [0.29, 0.717) is 19.6 Å². The van der Waals surface area contributed by atoms with Crippen molar-refractivity contribution in [3.05, 3.63) is 28.7 Å². The molecule has 0 saturated carbocycles. The number of rotatable bonds is 7. The van der Waals surface area contributed by atoms with Crippen LogP contribution in [0.1, 0.15) is 32.6 Å². The highest BCUT2D eigenvalue weighted by Gasteiger charge is 2.27. The number of sulfonamides is 1. The summed E-state index contributed by atoms with van der Waals surface area (Å²) in [6.45, 7) is 2.86. The van der Waals surface area contributed by atoms with Gasteiger partial charge in [0, 0.05) is 31.9 Å². The molecule has 3 amide bonds. The molecule has 1 aromatic rings. The van der Waals surface area contributed by atoms with Gasteiger partial charge < -0.3 is 9.88 Å². The van der Waals surface area contributed by atoms with Crippen molar-refractivity contribution in [2.24, 2.45) is 0 Å². The van der Waals surface area contributed by atoms with Crippen LogP contribution in [0.4, 0.5) is 4.79 Å². The lowest BCUT2D eigenvalue weighted by molar-refractivity contribution is -0.120. The summed E-state index contributed by atoms with van der Waals surface area (Å²) in [5, 5.41) is 4.65. The van der Waals surface area contributed by atoms with Crippen molar-refractivity contribution in [3.8, 4) is 0 Å². The van der Waals surface area contributed by atoms with Gasteiger partial charge in [-0.3, -0.25) is 14.9 Å². The Bertz CT molecular complexity index is 812. The van der Waals surface area contributed by atoms with Gasteiger partial charge in [-0.2, -0.15) is 4.31 Å². The maximum Gasteiger partial charge on any atom is 0.321 e. The zero-order valence-electron chi connectivity index (χ0n) is 14.7. The topological polar surface area (TPSA) is 118 Å². The Kier molecular flexibility index (Phi) is 6.92. The number of nitrogens with zero attached hydrogens (tertiary/aromatic N) is 2. The van der Waals surface area contributed by atoms with Gasteiger partial charge in [-0.15, -0.1) is 0 Å². The molecule has 0 aromatic carbocycles. The van der Waals surface area contributed by atoms with Gasteiger partial charge in [-0.05, 0) is 25.3 Å². The van der Waals surface area contributed by atoms with Gasteiger partial charge in [-0.1, -0.05) is 13.3 Å². The smallest absolute Gasteiger partial charge is 0.321 e. The van der Waals surface area contributed by atoms with Crippen LogP contribution >= 0.6 is 0 Å². The van der Waals surface area contributed by atoms with E-state index in [4.69, 9.17) is 0 Å². The number of pyridine rings is 1. The van der Waals surface area contributed by atoms with Gasteiger partial charge in [0.15, 0.2) is 0 Å². The molecular formula is C16H24N4O5S. The van der Waals surface area contributed by atoms with E-state index in [1.54, 1.807) is 0 Å². The van der Waals surface area contributed by atoms with Crippen LogP contribution < -0.4 is 16.2 Å². The van der Waals surface area contributed by atoms with Crippen LogP contribution in [0.25, 0.3) is 0 Å². The van der Waals surface area contributed by atoms with Crippen molar-refractivity contribution in [2.45, 2.75) is 44.0 Å². The second-order valence-corrected chi connectivity index (χ2v) is 8.04. The predicted molar refractivity (Wildman–Crippen MR) is 95.1 cm³/mol. The predicted octanol–water partition coefficient (Wildman–Crippen LogP) is 0.259. The highest BCUT2D eigenvalue weighted by Crippen LogP contribution is 2.19. The van der Waals surface area contributed by atoms with Crippen LogP contribution in [0.5, 0.6) is 0 Å². The van der Waals surface area contributed by atoms with Gasteiger partial charge in [0.1, 0.15) is 6.54 Å². The number of hydrogen-bond acceptors (Lipinski definition) is 5. The molecule has 26 heavy (non-hydrogen) atoms.